The first-order chi connectivity index (χ1) is 21.3. The molecular weight excluding hydrogens is 560 g/mol. The summed E-state index contributed by atoms with van der Waals surface area (Å²) < 4.78 is 9.64. The van der Waals surface area contributed by atoms with Crippen LogP contribution in [0.2, 0.25) is 0 Å². The van der Waals surface area contributed by atoms with Crippen molar-refractivity contribution in [2.75, 3.05) is 32.8 Å². The normalized spacial score (nSPS) is 18.2. The molecule has 0 radical (unpaired) electrons. The molecule has 3 amide bonds. The number of fused-ring (bicyclic) bond motifs is 4. The van der Waals surface area contributed by atoms with Gasteiger partial charge in [0.05, 0.1) is 6.61 Å². The average Bonchev–Trinajstić information content (AvgIpc) is 3.68. The van der Waals surface area contributed by atoms with Crippen LogP contribution in [0.1, 0.15) is 60.6 Å². The third-order valence-electron chi connectivity index (χ3n) is 8.58. The summed E-state index contributed by atoms with van der Waals surface area (Å²) >= 11 is 0. The van der Waals surface area contributed by atoms with E-state index in [9.17, 15) is 19.2 Å². The van der Waals surface area contributed by atoms with Gasteiger partial charge in [-0.15, -0.1) is 0 Å². The van der Waals surface area contributed by atoms with Crippen molar-refractivity contribution in [3.05, 3.63) is 69.9 Å². The van der Waals surface area contributed by atoms with E-state index in [-0.39, 0.29) is 28.8 Å². The highest BCUT2D eigenvalue weighted by molar-refractivity contribution is 5.94. The fourth-order valence-electron chi connectivity index (χ4n) is 6.19. The minimum Gasteiger partial charge on any atom is -0.494 e. The molecule has 0 saturated carbocycles. The highest BCUT2D eigenvalue weighted by atomic mass is 16.5. The molecule has 2 aromatic heterocycles. The van der Waals surface area contributed by atoms with Crippen molar-refractivity contribution in [3.8, 4) is 17.1 Å². The van der Waals surface area contributed by atoms with Gasteiger partial charge in [0.1, 0.15) is 23.2 Å². The molecule has 11 nitrogen and oxygen atoms in total. The summed E-state index contributed by atoms with van der Waals surface area (Å²) in [7, 11) is 1.72. The summed E-state index contributed by atoms with van der Waals surface area (Å²) in [5.41, 5.74) is 2.58. The van der Waals surface area contributed by atoms with Crippen LogP contribution in [-0.4, -0.2) is 80.5 Å². The number of hydrogen-bond acceptors (Lipinski definition) is 6. The van der Waals surface area contributed by atoms with Crippen LogP contribution >= 0.6 is 0 Å². The maximum Gasteiger partial charge on any atom is 0.263 e. The largest absolute Gasteiger partial charge is 0.494 e. The van der Waals surface area contributed by atoms with Gasteiger partial charge in [0.15, 0.2) is 0 Å². The smallest absolute Gasteiger partial charge is 0.263 e. The molecule has 11 heteroatoms. The molecule has 1 aromatic carbocycles. The Balaban J connectivity index is 1.42. The lowest BCUT2D eigenvalue weighted by Crippen LogP contribution is -2.45. The maximum atomic E-state index is 13.9. The zero-order chi connectivity index (χ0) is 31.2. The minimum atomic E-state index is -0.500. The molecule has 0 aliphatic carbocycles. The van der Waals surface area contributed by atoms with Gasteiger partial charge in [0.25, 0.3) is 11.5 Å². The highest BCUT2D eigenvalue weighted by Crippen LogP contribution is 2.23. The van der Waals surface area contributed by atoms with Crippen molar-refractivity contribution in [1.82, 2.24) is 29.2 Å². The molecule has 234 valence electrons. The lowest BCUT2D eigenvalue weighted by molar-refractivity contribution is -0.134. The molecule has 1 fully saturated rings. The summed E-state index contributed by atoms with van der Waals surface area (Å²) in [5, 5.41) is 2.80. The van der Waals surface area contributed by atoms with Crippen molar-refractivity contribution >= 4 is 17.7 Å². The van der Waals surface area contributed by atoms with Gasteiger partial charge in [0, 0.05) is 69.8 Å². The Morgan fingerprint density at radius 2 is 1.80 bits per heavy atom. The first kappa shape index (κ1) is 31.0. The summed E-state index contributed by atoms with van der Waals surface area (Å²) in [5.74, 6) is 0.999. The lowest BCUT2D eigenvalue weighted by Gasteiger charge is -2.27. The second-order valence-electron chi connectivity index (χ2n) is 11.6. The first-order valence-electron chi connectivity index (χ1n) is 15.6. The van der Waals surface area contributed by atoms with Crippen molar-refractivity contribution in [1.29, 1.82) is 0 Å². The number of aromatic nitrogens is 3. The van der Waals surface area contributed by atoms with Gasteiger partial charge in [0.2, 0.25) is 11.8 Å². The van der Waals surface area contributed by atoms with Gasteiger partial charge in [-0.3, -0.25) is 19.2 Å². The summed E-state index contributed by atoms with van der Waals surface area (Å²) in [6.07, 6.45) is 7.14. The Hall–Kier alpha value is -4.41. The van der Waals surface area contributed by atoms with E-state index in [1.165, 1.54) is 0 Å². The number of carbonyl (C=O) groups is 3. The number of hydrogen-bond donors (Lipinski definition) is 1. The zero-order valence-corrected chi connectivity index (χ0v) is 25.9. The number of nitrogens with one attached hydrogen (secondary N) is 1. The number of ether oxygens (including phenoxy) is 1. The van der Waals surface area contributed by atoms with E-state index in [4.69, 9.17) is 4.74 Å². The number of rotatable bonds is 3. The van der Waals surface area contributed by atoms with Gasteiger partial charge in [-0.1, -0.05) is 19.1 Å². The van der Waals surface area contributed by atoms with E-state index in [2.05, 4.69) is 10.3 Å². The van der Waals surface area contributed by atoms with Crippen LogP contribution in [0.15, 0.2) is 47.5 Å². The molecule has 4 heterocycles. The number of nitrogens with zero attached hydrogens (tertiary/aromatic N) is 5. The third kappa shape index (κ3) is 6.87. The van der Waals surface area contributed by atoms with Crippen LogP contribution < -0.4 is 15.6 Å². The number of carbonyl (C=O) groups excluding carboxylic acids is 3. The number of aryl methyl sites for hydroxylation is 1. The van der Waals surface area contributed by atoms with Crippen molar-refractivity contribution in [2.24, 2.45) is 7.05 Å². The van der Waals surface area contributed by atoms with Crippen molar-refractivity contribution < 1.29 is 19.1 Å². The number of amides is 3. The van der Waals surface area contributed by atoms with Crippen LogP contribution in [0.4, 0.5) is 0 Å². The second kappa shape index (κ2) is 13.9. The Labute approximate surface area is 257 Å². The molecule has 2 aliphatic rings. The molecule has 1 saturated heterocycles. The third-order valence-corrected chi connectivity index (χ3v) is 8.58. The molecule has 0 spiro atoms. The lowest BCUT2D eigenvalue weighted by atomic mass is 10.1. The van der Waals surface area contributed by atoms with Gasteiger partial charge in [-0.25, -0.2) is 4.98 Å². The molecule has 2 bridgehead atoms. The van der Waals surface area contributed by atoms with E-state index in [0.717, 1.165) is 22.6 Å². The fourth-order valence-corrected chi connectivity index (χ4v) is 6.19. The van der Waals surface area contributed by atoms with Gasteiger partial charge in [-0.05, 0) is 62.8 Å². The highest BCUT2D eigenvalue weighted by Gasteiger charge is 2.30. The Bertz CT molecular complexity index is 1580. The van der Waals surface area contributed by atoms with E-state index >= 15 is 0 Å². The fraction of sp³-hybridized carbons (Fsp3) is 0.485. The predicted molar refractivity (Wildman–Crippen MR) is 166 cm³/mol. The standard InChI is InChI=1S/C33H42N6O5/c1-4-28-23(2)21-26(31(41)36(28)3)32(42)39-15-6-5-14-38(33(43)27-11-12-29(40)35-27)16-8-20-44-25-10-7-9-24(22-25)30-34-13-17-37(30)18-19-39/h7,9-10,13,17,21-22,27H,4-6,8,11-12,14-16,18-20H2,1-3H3,(H,35,40)/t27-/m1/s1. The summed E-state index contributed by atoms with van der Waals surface area (Å²) in [6, 6.07) is 8.95. The topological polar surface area (TPSA) is 119 Å². The SMILES string of the molecule is CCc1c(C)cc(C(=O)N2CCCCN(C(=O)[C@H]3CCC(=O)N3)CCCOc3cccc(c3)-c3nccn3CC2)c(=O)n1C. The number of benzene rings is 1. The predicted octanol–water partition coefficient (Wildman–Crippen LogP) is 2.93. The van der Waals surface area contributed by atoms with Crippen LogP contribution in [0.25, 0.3) is 11.4 Å². The molecule has 3 aromatic rings. The summed E-state index contributed by atoms with van der Waals surface area (Å²) in [6.45, 7) is 6.66. The molecule has 0 unspecified atom stereocenters. The molecule has 5 rings (SSSR count). The monoisotopic (exact) mass is 602 g/mol. The van der Waals surface area contributed by atoms with E-state index in [1.54, 1.807) is 33.7 Å². The number of imidazole rings is 1. The van der Waals surface area contributed by atoms with E-state index in [1.807, 2.05) is 48.9 Å². The van der Waals surface area contributed by atoms with Crippen LogP contribution in [0.5, 0.6) is 5.75 Å². The van der Waals surface area contributed by atoms with E-state index in [0.29, 0.717) is 83.6 Å². The molecule has 1 N–H and O–H groups in total. The molecule has 2 aliphatic heterocycles. The van der Waals surface area contributed by atoms with Gasteiger partial charge in [-0.2, -0.15) is 0 Å². The molecular formula is C33H42N6O5. The van der Waals surface area contributed by atoms with Gasteiger partial charge < -0.3 is 29.0 Å². The molecule has 44 heavy (non-hydrogen) atoms. The molecule has 1 atom stereocenters. The minimum absolute atomic E-state index is 0.0795. The quantitative estimate of drug-likeness (QED) is 0.493. The van der Waals surface area contributed by atoms with Crippen molar-refractivity contribution in [3.63, 3.8) is 0 Å². The number of pyridine rings is 1. The average molecular weight is 603 g/mol. The van der Waals surface area contributed by atoms with Crippen LogP contribution in [0.3, 0.4) is 0 Å². The van der Waals surface area contributed by atoms with Crippen LogP contribution in [-0.2, 0) is 29.6 Å². The first-order valence-corrected chi connectivity index (χ1v) is 15.6. The zero-order valence-electron chi connectivity index (χ0n) is 25.9. The summed E-state index contributed by atoms with van der Waals surface area (Å²) in [4.78, 5) is 60.5. The Morgan fingerprint density at radius 3 is 2.55 bits per heavy atom. The van der Waals surface area contributed by atoms with Crippen LogP contribution in [0, 0.1) is 6.92 Å². The Morgan fingerprint density at radius 1 is 1.02 bits per heavy atom. The van der Waals surface area contributed by atoms with Crippen molar-refractivity contribution in [2.45, 2.75) is 65.0 Å². The van der Waals surface area contributed by atoms with E-state index < -0.39 is 6.04 Å². The Kier molecular flexibility index (Phi) is 9.82. The van der Waals surface area contributed by atoms with Gasteiger partial charge >= 0.3 is 0 Å². The second-order valence-corrected chi connectivity index (χ2v) is 11.6. The maximum absolute atomic E-state index is 13.9.